The lowest BCUT2D eigenvalue weighted by Crippen LogP contribution is -2.48. The molecule has 0 amide bonds. The van der Waals surface area contributed by atoms with Crippen molar-refractivity contribution in [1.82, 2.24) is 0 Å². The molecule has 7 unspecified atom stereocenters. The number of carbonyl (C=O) groups is 1. The molecule has 2 nitrogen and oxygen atoms in total. The van der Waals surface area contributed by atoms with Gasteiger partial charge in [-0.2, -0.15) is 11.8 Å². The quantitative estimate of drug-likeness (QED) is 0.188. The second-order valence-corrected chi connectivity index (χ2v) is 13.8. The van der Waals surface area contributed by atoms with Crippen molar-refractivity contribution in [3.63, 3.8) is 0 Å². The Morgan fingerprint density at radius 1 is 1.00 bits per heavy atom. The maximum Gasteiger partial charge on any atom is 0.129 e. The number of unbranched alkanes of at least 4 members (excludes halogenated alkanes) is 1. The first-order valence-electron chi connectivity index (χ1n) is 15.7. The van der Waals surface area contributed by atoms with Gasteiger partial charge in [0.15, 0.2) is 0 Å². The Morgan fingerprint density at radius 3 is 2.28 bits per heavy atom. The van der Waals surface area contributed by atoms with Gasteiger partial charge in [0.2, 0.25) is 0 Å². The lowest BCUT2D eigenvalue weighted by atomic mass is 9.48. The van der Waals surface area contributed by atoms with Crippen molar-refractivity contribution in [2.45, 2.75) is 144 Å². The molecule has 0 saturated heterocycles. The molecule has 0 N–H and O–H groups in total. The summed E-state index contributed by atoms with van der Waals surface area (Å²) < 4.78 is 5.73. The Morgan fingerprint density at radius 2 is 1.72 bits per heavy atom. The van der Waals surface area contributed by atoms with Gasteiger partial charge in [-0.15, -0.1) is 0 Å². The van der Waals surface area contributed by atoms with Crippen LogP contribution in [0.5, 0.6) is 0 Å². The standard InChI is InChI=1S/C28H52O.C3H6OS.C2H6/c1-7-23(29-6)16-19-27(4)18-10-13-24-25(27)17-20-28(5)22(14-15-26(24)28)12-9-8-11-21(2)3;1-5-3-2-4;1-2/h21-26H,7-20H2,1-6H3;2H,3H2,1H3;1-2H3. The van der Waals surface area contributed by atoms with Crippen molar-refractivity contribution < 1.29 is 9.53 Å². The molecule has 0 radical (unpaired) electrons. The molecular weight excluding hydrogens is 460 g/mol. The summed E-state index contributed by atoms with van der Waals surface area (Å²) in [7, 11) is 1.91. The van der Waals surface area contributed by atoms with Crippen LogP contribution in [0.15, 0.2) is 0 Å². The predicted molar refractivity (Wildman–Crippen MR) is 162 cm³/mol. The topological polar surface area (TPSA) is 26.3 Å². The minimum atomic E-state index is 0.475. The molecule has 3 aliphatic carbocycles. The van der Waals surface area contributed by atoms with Gasteiger partial charge in [0, 0.05) is 12.9 Å². The van der Waals surface area contributed by atoms with Crippen LogP contribution in [0.1, 0.15) is 138 Å². The van der Waals surface area contributed by atoms with Crippen LogP contribution in [0.3, 0.4) is 0 Å². The van der Waals surface area contributed by atoms with Gasteiger partial charge in [0.25, 0.3) is 0 Å². The van der Waals surface area contributed by atoms with E-state index in [0.717, 1.165) is 35.9 Å². The molecule has 214 valence electrons. The first-order chi connectivity index (χ1) is 17.3. The van der Waals surface area contributed by atoms with E-state index in [4.69, 9.17) is 4.74 Å². The summed E-state index contributed by atoms with van der Waals surface area (Å²) in [4.78, 5) is 9.38. The van der Waals surface area contributed by atoms with E-state index < -0.39 is 0 Å². The number of aldehydes is 1. The third-order valence-corrected chi connectivity index (χ3v) is 10.9. The average molecular weight is 525 g/mol. The number of hydrogen-bond donors (Lipinski definition) is 0. The second-order valence-electron chi connectivity index (χ2n) is 12.8. The zero-order valence-corrected chi connectivity index (χ0v) is 26.7. The van der Waals surface area contributed by atoms with Gasteiger partial charge in [-0.3, -0.25) is 0 Å². The first-order valence-corrected chi connectivity index (χ1v) is 17.1. The molecule has 0 aromatic heterocycles. The Hall–Kier alpha value is -0.0200. The number of carbonyl (C=O) groups excluding carboxylic acids is 1. The number of hydrogen-bond acceptors (Lipinski definition) is 3. The van der Waals surface area contributed by atoms with Crippen LogP contribution in [0.2, 0.25) is 0 Å². The molecule has 3 saturated carbocycles. The second kappa shape index (κ2) is 17.5. The van der Waals surface area contributed by atoms with Crippen LogP contribution in [0.25, 0.3) is 0 Å². The summed E-state index contributed by atoms with van der Waals surface area (Å²) in [6.07, 6.45) is 23.6. The molecule has 0 bridgehead atoms. The Balaban J connectivity index is 0.000000826. The zero-order chi connectivity index (χ0) is 27.2. The van der Waals surface area contributed by atoms with E-state index in [9.17, 15) is 4.79 Å². The average Bonchev–Trinajstić information content (AvgIpc) is 3.21. The molecule has 0 heterocycles. The lowest BCUT2D eigenvalue weighted by molar-refractivity contribution is -0.105. The van der Waals surface area contributed by atoms with E-state index >= 15 is 0 Å². The van der Waals surface area contributed by atoms with Gasteiger partial charge in [0.05, 0.1) is 6.10 Å². The molecule has 0 aromatic rings. The van der Waals surface area contributed by atoms with Crippen LogP contribution in [0, 0.1) is 40.4 Å². The van der Waals surface area contributed by atoms with E-state index in [-0.39, 0.29) is 0 Å². The zero-order valence-electron chi connectivity index (χ0n) is 25.9. The number of ether oxygens (including phenoxy) is 1. The SMILES string of the molecule is CC.CCC(CCC1(C)CCCC2C1CCC1(C)C(CCCCC(C)C)CCC21)OC.CSCC=O. The Kier molecular flexibility index (Phi) is 16.6. The molecule has 3 rings (SSSR count). The Labute approximate surface area is 231 Å². The summed E-state index contributed by atoms with van der Waals surface area (Å²) in [5.41, 5.74) is 1.24. The fourth-order valence-electron chi connectivity index (χ4n) is 8.37. The van der Waals surface area contributed by atoms with Crippen molar-refractivity contribution >= 4 is 18.0 Å². The summed E-state index contributed by atoms with van der Waals surface area (Å²) in [6, 6.07) is 0. The van der Waals surface area contributed by atoms with E-state index in [1.165, 1.54) is 102 Å². The third kappa shape index (κ3) is 9.32. The minimum Gasteiger partial charge on any atom is -0.381 e. The molecule has 0 aliphatic heterocycles. The van der Waals surface area contributed by atoms with Gasteiger partial charge < -0.3 is 9.53 Å². The largest absolute Gasteiger partial charge is 0.381 e. The molecular formula is C33H64O2S. The lowest BCUT2D eigenvalue weighted by Gasteiger charge is -2.57. The molecule has 3 fully saturated rings. The van der Waals surface area contributed by atoms with Gasteiger partial charge in [-0.25, -0.2) is 0 Å². The highest BCUT2D eigenvalue weighted by Gasteiger charge is 2.57. The first kappa shape index (κ1) is 34.0. The van der Waals surface area contributed by atoms with Gasteiger partial charge in [-0.05, 0) is 111 Å². The Bertz CT molecular complexity index is 574. The van der Waals surface area contributed by atoms with Gasteiger partial charge in [0.1, 0.15) is 6.29 Å². The highest BCUT2D eigenvalue weighted by atomic mass is 32.2. The van der Waals surface area contributed by atoms with E-state index in [1.807, 2.05) is 27.2 Å². The molecule has 3 heteroatoms. The summed E-state index contributed by atoms with van der Waals surface area (Å²) in [5.74, 6) is 5.56. The number of methoxy groups -OCH3 is 1. The van der Waals surface area contributed by atoms with E-state index in [2.05, 4.69) is 34.6 Å². The molecule has 7 atom stereocenters. The van der Waals surface area contributed by atoms with Gasteiger partial charge >= 0.3 is 0 Å². The summed E-state index contributed by atoms with van der Waals surface area (Å²) >= 11 is 1.53. The molecule has 3 aliphatic rings. The number of fused-ring (bicyclic) bond motifs is 3. The van der Waals surface area contributed by atoms with Crippen LogP contribution in [-0.4, -0.2) is 31.5 Å². The normalized spacial score (nSPS) is 33.9. The van der Waals surface area contributed by atoms with Gasteiger partial charge in [-0.1, -0.05) is 74.1 Å². The maximum atomic E-state index is 9.38. The molecule has 36 heavy (non-hydrogen) atoms. The monoisotopic (exact) mass is 524 g/mol. The fourth-order valence-corrected chi connectivity index (χ4v) is 8.50. The third-order valence-electron chi connectivity index (χ3n) is 10.5. The van der Waals surface area contributed by atoms with Crippen molar-refractivity contribution in [3.05, 3.63) is 0 Å². The van der Waals surface area contributed by atoms with Crippen molar-refractivity contribution in [1.29, 1.82) is 0 Å². The molecule has 0 spiro atoms. The molecule has 0 aromatic carbocycles. The van der Waals surface area contributed by atoms with Crippen LogP contribution >= 0.6 is 11.8 Å². The number of rotatable bonds is 12. The van der Waals surface area contributed by atoms with Crippen molar-refractivity contribution in [3.8, 4) is 0 Å². The summed E-state index contributed by atoms with van der Waals surface area (Å²) in [6.45, 7) is 16.4. The minimum absolute atomic E-state index is 0.475. The smallest absolute Gasteiger partial charge is 0.129 e. The fraction of sp³-hybridized carbons (Fsp3) is 0.970. The maximum absolute atomic E-state index is 9.38. The highest BCUT2D eigenvalue weighted by molar-refractivity contribution is 7.99. The van der Waals surface area contributed by atoms with Crippen LogP contribution < -0.4 is 0 Å². The van der Waals surface area contributed by atoms with Crippen molar-refractivity contribution in [2.24, 2.45) is 40.4 Å². The van der Waals surface area contributed by atoms with Crippen LogP contribution in [-0.2, 0) is 9.53 Å². The van der Waals surface area contributed by atoms with E-state index in [0.29, 0.717) is 22.7 Å². The van der Waals surface area contributed by atoms with Crippen molar-refractivity contribution in [2.75, 3.05) is 19.1 Å². The highest BCUT2D eigenvalue weighted by Crippen LogP contribution is 2.65. The van der Waals surface area contributed by atoms with Crippen LogP contribution in [0.4, 0.5) is 0 Å². The predicted octanol–water partition coefficient (Wildman–Crippen LogP) is 10.2. The number of thioether (sulfide) groups is 1. The summed E-state index contributed by atoms with van der Waals surface area (Å²) in [5, 5.41) is 0. The van der Waals surface area contributed by atoms with E-state index in [1.54, 1.807) is 0 Å².